The van der Waals surface area contributed by atoms with Gasteiger partial charge in [0.2, 0.25) is 0 Å². The summed E-state index contributed by atoms with van der Waals surface area (Å²) in [6, 6.07) is 4.98. The van der Waals surface area contributed by atoms with Gasteiger partial charge in [-0.25, -0.2) is 4.39 Å². The van der Waals surface area contributed by atoms with Crippen molar-refractivity contribution in [3.8, 4) is 0 Å². The number of benzene rings is 1. The SMILES string of the molecule is COCCNCc1cccc(Cl)c1F. The van der Waals surface area contributed by atoms with Gasteiger partial charge in [-0.1, -0.05) is 23.7 Å². The Morgan fingerprint density at radius 3 is 3.00 bits per heavy atom. The van der Waals surface area contributed by atoms with Crippen molar-refractivity contribution in [2.24, 2.45) is 0 Å². The van der Waals surface area contributed by atoms with Gasteiger partial charge in [-0.05, 0) is 6.07 Å². The third-order valence-corrected chi connectivity index (χ3v) is 2.12. The molecule has 0 spiro atoms. The molecule has 0 saturated heterocycles. The number of halogens is 2. The largest absolute Gasteiger partial charge is 0.383 e. The maximum absolute atomic E-state index is 13.3. The first-order chi connectivity index (χ1) is 6.75. The summed E-state index contributed by atoms with van der Waals surface area (Å²) in [5, 5.41) is 3.21. The second-order valence-electron chi connectivity index (χ2n) is 2.88. The molecular weight excluding hydrogens is 205 g/mol. The van der Waals surface area contributed by atoms with Crippen LogP contribution in [0.2, 0.25) is 5.02 Å². The molecule has 0 saturated carbocycles. The lowest BCUT2D eigenvalue weighted by Gasteiger charge is -2.05. The van der Waals surface area contributed by atoms with Crippen LogP contribution >= 0.6 is 11.6 Å². The van der Waals surface area contributed by atoms with Crippen molar-refractivity contribution < 1.29 is 9.13 Å². The fraction of sp³-hybridized carbons (Fsp3) is 0.400. The molecule has 2 nitrogen and oxygen atoms in total. The fourth-order valence-corrected chi connectivity index (χ4v) is 1.28. The van der Waals surface area contributed by atoms with Crippen molar-refractivity contribution in [1.29, 1.82) is 0 Å². The fourth-order valence-electron chi connectivity index (χ4n) is 1.08. The average Bonchev–Trinajstić information content (AvgIpc) is 2.19. The zero-order chi connectivity index (χ0) is 10.4. The van der Waals surface area contributed by atoms with Crippen LogP contribution in [-0.4, -0.2) is 20.3 Å². The Labute approximate surface area is 88.0 Å². The molecule has 0 aliphatic carbocycles. The van der Waals surface area contributed by atoms with Crippen molar-refractivity contribution in [3.63, 3.8) is 0 Å². The van der Waals surface area contributed by atoms with E-state index in [1.54, 1.807) is 19.2 Å². The summed E-state index contributed by atoms with van der Waals surface area (Å²) >= 11 is 5.63. The summed E-state index contributed by atoms with van der Waals surface area (Å²) in [6.07, 6.45) is 0. The number of nitrogens with one attached hydrogen (secondary N) is 1. The predicted octanol–water partition coefficient (Wildman–Crippen LogP) is 2.22. The lowest BCUT2D eigenvalue weighted by molar-refractivity contribution is 0.199. The summed E-state index contributed by atoms with van der Waals surface area (Å²) < 4.78 is 18.2. The van der Waals surface area contributed by atoms with E-state index in [0.717, 1.165) is 0 Å². The van der Waals surface area contributed by atoms with E-state index in [-0.39, 0.29) is 10.8 Å². The first-order valence-electron chi connectivity index (χ1n) is 4.38. The molecular formula is C10H13ClFNO. The van der Waals surface area contributed by atoms with Gasteiger partial charge in [-0.15, -0.1) is 0 Å². The average molecular weight is 218 g/mol. The zero-order valence-corrected chi connectivity index (χ0v) is 8.77. The molecule has 0 unspecified atom stereocenters. The van der Waals surface area contributed by atoms with Gasteiger partial charge in [-0.2, -0.15) is 0 Å². The maximum atomic E-state index is 13.3. The van der Waals surface area contributed by atoms with Gasteiger partial charge in [0.15, 0.2) is 0 Å². The molecule has 78 valence electrons. The normalized spacial score (nSPS) is 10.5. The topological polar surface area (TPSA) is 21.3 Å². The van der Waals surface area contributed by atoms with Crippen LogP contribution < -0.4 is 5.32 Å². The highest BCUT2D eigenvalue weighted by Gasteiger charge is 2.04. The van der Waals surface area contributed by atoms with Crippen LogP contribution in [0.25, 0.3) is 0 Å². The molecule has 0 bridgehead atoms. The molecule has 0 heterocycles. The minimum Gasteiger partial charge on any atom is -0.383 e. The van der Waals surface area contributed by atoms with Gasteiger partial charge in [-0.3, -0.25) is 0 Å². The van der Waals surface area contributed by atoms with Crippen LogP contribution in [0.15, 0.2) is 18.2 Å². The summed E-state index contributed by atoms with van der Waals surface area (Å²) in [6.45, 7) is 1.78. The molecule has 0 aromatic heterocycles. The summed E-state index contributed by atoms with van der Waals surface area (Å²) in [5.74, 6) is -0.348. The second kappa shape index (κ2) is 5.96. The first kappa shape index (κ1) is 11.4. The van der Waals surface area contributed by atoms with E-state index in [4.69, 9.17) is 16.3 Å². The van der Waals surface area contributed by atoms with E-state index < -0.39 is 0 Å². The predicted molar refractivity (Wildman–Crippen MR) is 55.0 cm³/mol. The minimum absolute atomic E-state index is 0.163. The maximum Gasteiger partial charge on any atom is 0.146 e. The monoisotopic (exact) mass is 217 g/mol. The van der Waals surface area contributed by atoms with Crippen LogP contribution in [0.1, 0.15) is 5.56 Å². The standard InChI is InChI=1S/C10H13ClFNO/c1-14-6-5-13-7-8-3-2-4-9(11)10(8)12/h2-4,13H,5-7H2,1H3. The van der Waals surface area contributed by atoms with Crippen molar-refractivity contribution in [2.75, 3.05) is 20.3 Å². The third-order valence-electron chi connectivity index (χ3n) is 1.83. The van der Waals surface area contributed by atoms with Crippen LogP contribution in [0.3, 0.4) is 0 Å². The van der Waals surface area contributed by atoms with E-state index in [1.165, 1.54) is 6.07 Å². The Morgan fingerprint density at radius 1 is 1.50 bits per heavy atom. The van der Waals surface area contributed by atoms with Gasteiger partial charge in [0.05, 0.1) is 11.6 Å². The smallest absolute Gasteiger partial charge is 0.146 e. The lowest BCUT2D eigenvalue weighted by Crippen LogP contribution is -2.19. The Balaban J connectivity index is 2.46. The molecule has 0 atom stereocenters. The highest BCUT2D eigenvalue weighted by Crippen LogP contribution is 2.17. The van der Waals surface area contributed by atoms with Crippen LogP contribution in [-0.2, 0) is 11.3 Å². The number of hydrogen-bond donors (Lipinski definition) is 1. The van der Waals surface area contributed by atoms with Crippen LogP contribution in [0.4, 0.5) is 4.39 Å². The second-order valence-corrected chi connectivity index (χ2v) is 3.29. The zero-order valence-electron chi connectivity index (χ0n) is 8.02. The Morgan fingerprint density at radius 2 is 2.29 bits per heavy atom. The number of rotatable bonds is 5. The molecule has 1 N–H and O–H groups in total. The Bertz CT molecular complexity index is 293. The van der Waals surface area contributed by atoms with Gasteiger partial charge < -0.3 is 10.1 Å². The molecule has 0 aliphatic rings. The van der Waals surface area contributed by atoms with Crippen molar-refractivity contribution in [1.82, 2.24) is 5.32 Å². The molecule has 1 aromatic rings. The van der Waals surface area contributed by atoms with Gasteiger partial charge in [0.1, 0.15) is 5.82 Å². The molecule has 0 aliphatic heterocycles. The molecule has 0 amide bonds. The quantitative estimate of drug-likeness (QED) is 0.764. The van der Waals surface area contributed by atoms with E-state index in [0.29, 0.717) is 25.3 Å². The first-order valence-corrected chi connectivity index (χ1v) is 4.76. The van der Waals surface area contributed by atoms with Crippen LogP contribution in [0.5, 0.6) is 0 Å². The van der Waals surface area contributed by atoms with E-state index in [1.807, 2.05) is 0 Å². The molecule has 0 radical (unpaired) electrons. The molecule has 1 aromatic carbocycles. The Kier molecular flexibility index (Phi) is 4.87. The molecule has 1 rings (SSSR count). The minimum atomic E-state index is -0.348. The summed E-state index contributed by atoms with van der Waals surface area (Å²) in [7, 11) is 1.63. The third kappa shape index (κ3) is 3.25. The highest BCUT2D eigenvalue weighted by atomic mass is 35.5. The molecule has 14 heavy (non-hydrogen) atoms. The number of ether oxygens (including phenoxy) is 1. The van der Waals surface area contributed by atoms with E-state index in [2.05, 4.69) is 5.32 Å². The van der Waals surface area contributed by atoms with E-state index >= 15 is 0 Å². The number of hydrogen-bond acceptors (Lipinski definition) is 2. The van der Waals surface area contributed by atoms with Gasteiger partial charge in [0.25, 0.3) is 0 Å². The highest BCUT2D eigenvalue weighted by molar-refractivity contribution is 6.30. The van der Waals surface area contributed by atoms with Crippen molar-refractivity contribution >= 4 is 11.6 Å². The molecule has 4 heteroatoms. The molecule has 0 fully saturated rings. The Hall–Kier alpha value is -0.640. The summed E-state index contributed by atoms with van der Waals surface area (Å²) in [5.41, 5.74) is 0.577. The summed E-state index contributed by atoms with van der Waals surface area (Å²) in [4.78, 5) is 0. The lowest BCUT2D eigenvalue weighted by atomic mass is 10.2. The van der Waals surface area contributed by atoms with Gasteiger partial charge >= 0.3 is 0 Å². The number of methoxy groups -OCH3 is 1. The van der Waals surface area contributed by atoms with Crippen molar-refractivity contribution in [2.45, 2.75) is 6.54 Å². The van der Waals surface area contributed by atoms with Crippen LogP contribution in [0, 0.1) is 5.82 Å². The van der Waals surface area contributed by atoms with E-state index in [9.17, 15) is 4.39 Å². The van der Waals surface area contributed by atoms with Gasteiger partial charge in [0, 0.05) is 25.8 Å². The van der Waals surface area contributed by atoms with Crippen molar-refractivity contribution in [3.05, 3.63) is 34.6 Å².